The van der Waals surface area contributed by atoms with E-state index in [1.165, 1.54) is 6.07 Å². The zero-order chi connectivity index (χ0) is 22.0. The van der Waals surface area contributed by atoms with E-state index in [-0.39, 0.29) is 5.03 Å². The van der Waals surface area contributed by atoms with Crippen LogP contribution in [0.1, 0.15) is 23.7 Å². The number of aromatic nitrogens is 2. The Bertz CT molecular complexity index is 947. The van der Waals surface area contributed by atoms with Gasteiger partial charge in [0.05, 0.1) is 0 Å². The Balaban J connectivity index is 2.08. The highest BCUT2D eigenvalue weighted by molar-refractivity contribution is 6.33. The lowest BCUT2D eigenvalue weighted by molar-refractivity contribution is -0.182. The Hall–Kier alpha value is -1.97. The molecule has 29 heavy (non-hydrogen) atoms. The number of nitrogens with two attached hydrogens (primary N) is 1. The summed E-state index contributed by atoms with van der Waals surface area (Å²) in [5, 5.41) is 12.3. The lowest BCUT2D eigenvalue weighted by Crippen LogP contribution is -2.43. The quantitative estimate of drug-likeness (QED) is 0.409. The van der Waals surface area contributed by atoms with Gasteiger partial charge in [0.2, 0.25) is 0 Å². The Labute approximate surface area is 168 Å². The lowest BCUT2D eigenvalue weighted by Gasteiger charge is -2.32. The first kappa shape index (κ1) is 21.7. The van der Waals surface area contributed by atoms with Crippen molar-refractivity contribution in [1.29, 1.82) is 5.26 Å². The molecule has 14 heteroatoms. The molecule has 0 bridgehead atoms. The van der Waals surface area contributed by atoms with Crippen molar-refractivity contribution in [3.8, 4) is 6.07 Å². The van der Waals surface area contributed by atoms with Crippen LogP contribution in [-0.2, 0) is 10.2 Å². The van der Waals surface area contributed by atoms with Gasteiger partial charge >= 0.3 is 12.8 Å². The summed E-state index contributed by atoms with van der Waals surface area (Å²) >= 11 is 12.0. The Kier molecular flexibility index (Phi) is 4.88. The largest absolute Gasteiger partial charge is 0.435 e. The maximum absolute atomic E-state index is 13.8. The van der Waals surface area contributed by atoms with Gasteiger partial charge in [-0.3, -0.25) is 4.68 Å². The van der Waals surface area contributed by atoms with E-state index in [1.54, 1.807) is 0 Å². The third-order valence-corrected chi connectivity index (χ3v) is 5.21. The molecule has 3 unspecified atom stereocenters. The standard InChI is InChI=1S/C15H9Cl2F7N4O/c16-8-1-6(29-11(18)19)2-13(17,26)10(8)28-4-7(9(3-25)27-28)12(15(22,23)24)5-14(12,20)21/h1-2,4,10-11H,5,26H2. The Morgan fingerprint density at radius 1 is 1.38 bits per heavy atom. The smallest absolute Gasteiger partial charge is 0.404 e. The molecule has 1 fully saturated rings. The van der Waals surface area contributed by atoms with Crippen LogP contribution in [0, 0.1) is 11.3 Å². The maximum Gasteiger partial charge on any atom is 0.404 e. The van der Waals surface area contributed by atoms with Crippen LogP contribution in [0.2, 0.25) is 0 Å². The first-order chi connectivity index (χ1) is 13.2. The number of hydrogen-bond acceptors (Lipinski definition) is 4. The predicted octanol–water partition coefficient (Wildman–Crippen LogP) is 4.29. The minimum atomic E-state index is -5.37. The van der Waals surface area contributed by atoms with Crippen molar-refractivity contribution < 1.29 is 35.5 Å². The molecule has 0 saturated heterocycles. The predicted molar refractivity (Wildman–Crippen MR) is 85.2 cm³/mol. The monoisotopic (exact) mass is 464 g/mol. The van der Waals surface area contributed by atoms with E-state index in [2.05, 4.69) is 9.84 Å². The highest BCUT2D eigenvalue weighted by Crippen LogP contribution is 2.69. The lowest BCUT2D eigenvalue weighted by atomic mass is 9.95. The van der Waals surface area contributed by atoms with Crippen molar-refractivity contribution in [2.24, 2.45) is 5.73 Å². The van der Waals surface area contributed by atoms with Crippen LogP contribution < -0.4 is 5.73 Å². The molecule has 1 saturated carbocycles. The van der Waals surface area contributed by atoms with Crippen LogP contribution in [-0.4, -0.2) is 33.5 Å². The van der Waals surface area contributed by atoms with Crippen molar-refractivity contribution in [2.45, 2.75) is 41.6 Å². The number of alkyl halides is 8. The van der Waals surface area contributed by atoms with Gasteiger partial charge in [-0.05, 0) is 12.2 Å². The minimum Gasteiger partial charge on any atom is -0.435 e. The van der Waals surface area contributed by atoms with Crippen LogP contribution >= 0.6 is 23.2 Å². The molecular weight excluding hydrogens is 456 g/mol. The summed E-state index contributed by atoms with van der Waals surface area (Å²) in [6, 6.07) is -0.154. The molecule has 2 aliphatic carbocycles. The molecule has 2 N–H and O–H groups in total. The molecule has 3 atom stereocenters. The number of ether oxygens (including phenoxy) is 1. The first-order valence-corrected chi connectivity index (χ1v) is 8.39. The molecule has 0 aromatic carbocycles. The van der Waals surface area contributed by atoms with Gasteiger partial charge in [0, 0.05) is 23.2 Å². The summed E-state index contributed by atoms with van der Waals surface area (Å²) in [7, 11) is 0. The highest BCUT2D eigenvalue weighted by atomic mass is 35.5. The molecular formula is C15H9Cl2F7N4O. The number of allylic oxidation sites excluding steroid dienone is 1. The van der Waals surface area contributed by atoms with E-state index >= 15 is 0 Å². The van der Waals surface area contributed by atoms with Crippen LogP contribution in [0.15, 0.2) is 29.1 Å². The van der Waals surface area contributed by atoms with Crippen LogP contribution in [0.3, 0.4) is 0 Å². The molecule has 1 heterocycles. The van der Waals surface area contributed by atoms with E-state index < -0.39 is 58.6 Å². The summed E-state index contributed by atoms with van der Waals surface area (Å²) in [6.07, 6.45) is -4.70. The average Bonchev–Trinajstić information content (AvgIpc) is 2.92. The molecule has 2 aliphatic rings. The van der Waals surface area contributed by atoms with E-state index in [4.69, 9.17) is 34.2 Å². The SMILES string of the molecule is N#Cc1nn(C2C(Cl)=CC(OC(F)F)=CC2(N)Cl)cc1C1(C(F)(F)F)CC1(F)F. The number of rotatable bonds is 4. The molecule has 0 radical (unpaired) electrons. The van der Waals surface area contributed by atoms with Gasteiger partial charge in [-0.1, -0.05) is 23.2 Å². The molecule has 158 valence electrons. The van der Waals surface area contributed by atoms with Crippen molar-refractivity contribution >= 4 is 23.2 Å². The van der Waals surface area contributed by atoms with Crippen molar-refractivity contribution in [1.82, 2.24) is 9.78 Å². The number of nitriles is 1. The zero-order valence-electron chi connectivity index (χ0n) is 13.8. The summed E-state index contributed by atoms with van der Waals surface area (Å²) in [5.74, 6) is -4.66. The zero-order valence-corrected chi connectivity index (χ0v) is 15.3. The van der Waals surface area contributed by atoms with Crippen LogP contribution in [0.5, 0.6) is 0 Å². The number of nitrogens with zero attached hydrogens (tertiary/aromatic N) is 3. The van der Waals surface area contributed by atoms with Gasteiger partial charge in [0.15, 0.2) is 11.1 Å². The van der Waals surface area contributed by atoms with Gasteiger partial charge in [-0.15, -0.1) is 0 Å². The third kappa shape index (κ3) is 3.35. The first-order valence-electron chi connectivity index (χ1n) is 7.63. The summed E-state index contributed by atoms with van der Waals surface area (Å²) in [4.78, 5) is -2.14. The van der Waals surface area contributed by atoms with E-state index in [9.17, 15) is 30.7 Å². The summed E-state index contributed by atoms with van der Waals surface area (Å²) in [6.45, 7) is -3.24. The fourth-order valence-corrected chi connectivity index (χ4v) is 3.99. The van der Waals surface area contributed by atoms with E-state index in [0.717, 1.165) is 12.2 Å². The van der Waals surface area contributed by atoms with Crippen LogP contribution in [0.4, 0.5) is 30.7 Å². The minimum absolute atomic E-state index is 0.386. The number of hydrogen-bond donors (Lipinski definition) is 1. The molecule has 1 aromatic heterocycles. The van der Waals surface area contributed by atoms with Gasteiger partial charge in [0.1, 0.15) is 22.9 Å². The van der Waals surface area contributed by atoms with Gasteiger partial charge < -0.3 is 10.5 Å². The Morgan fingerprint density at radius 3 is 2.38 bits per heavy atom. The maximum atomic E-state index is 13.8. The third-order valence-electron chi connectivity index (χ3n) is 4.58. The average molecular weight is 465 g/mol. The molecule has 5 nitrogen and oxygen atoms in total. The van der Waals surface area contributed by atoms with Crippen LogP contribution in [0.25, 0.3) is 0 Å². The van der Waals surface area contributed by atoms with E-state index in [0.29, 0.717) is 10.9 Å². The molecule has 0 aliphatic heterocycles. The topological polar surface area (TPSA) is 76.9 Å². The molecule has 0 spiro atoms. The molecule has 0 amide bonds. The van der Waals surface area contributed by atoms with Gasteiger partial charge in [0.25, 0.3) is 5.92 Å². The van der Waals surface area contributed by atoms with Gasteiger partial charge in [-0.2, -0.15) is 32.3 Å². The Morgan fingerprint density at radius 2 is 1.97 bits per heavy atom. The van der Waals surface area contributed by atoms with Gasteiger partial charge in [-0.25, -0.2) is 8.78 Å². The molecule has 1 aromatic rings. The second kappa shape index (κ2) is 6.52. The fraction of sp³-hybridized carbons (Fsp3) is 0.467. The van der Waals surface area contributed by atoms with Crippen molar-refractivity contribution in [3.05, 3.63) is 40.4 Å². The number of halogens is 9. The second-order valence-corrected chi connectivity index (χ2v) is 7.54. The normalized spacial score (nSPS) is 31.2. The second-order valence-electron chi connectivity index (χ2n) is 6.45. The molecule has 3 rings (SSSR count). The highest BCUT2D eigenvalue weighted by Gasteiger charge is 2.85. The fourth-order valence-electron chi connectivity index (χ4n) is 3.22. The van der Waals surface area contributed by atoms with Crippen molar-refractivity contribution in [3.63, 3.8) is 0 Å². The summed E-state index contributed by atoms with van der Waals surface area (Å²) in [5.41, 5.74) is 0.231. The van der Waals surface area contributed by atoms with Crippen molar-refractivity contribution in [2.75, 3.05) is 0 Å². The summed E-state index contributed by atoms with van der Waals surface area (Å²) < 4.78 is 97.4. The van der Waals surface area contributed by atoms with E-state index in [1.807, 2.05) is 0 Å².